The first-order chi connectivity index (χ1) is 7.34. The Labute approximate surface area is 94.7 Å². The maximum Gasteiger partial charge on any atom is 0.272 e. The maximum absolute atomic E-state index is 11.8. The van der Waals surface area contributed by atoms with Gasteiger partial charge in [0.15, 0.2) is 5.69 Å². The summed E-state index contributed by atoms with van der Waals surface area (Å²) in [5.74, 6) is -0.385. The smallest absolute Gasteiger partial charge is 0.272 e. The summed E-state index contributed by atoms with van der Waals surface area (Å²) < 4.78 is 0. The van der Waals surface area contributed by atoms with Crippen molar-refractivity contribution in [3.8, 4) is 0 Å². The molecule has 1 aromatic rings. The zero-order valence-electron chi connectivity index (χ0n) is 9.69. The number of carbonyl (C=O) groups is 1. The Bertz CT molecular complexity index is 389. The van der Waals surface area contributed by atoms with Gasteiger partial charge < -0.3 is 16.2 Å². The third-order valence-corrected chi connectivity index (χ3v) is 2.53. The van der Waals surface area contributed by atoms with E-state index < -0.39 is 11.6 Å². The fourth-order valence-electron chi connectivity index (χ4n) is 1.06. The number of anilines is 1. The molecule has 5 nitrogen and oxygen atoms in total. The van der Waals surface area contributed by atoms with E-state index in [1.54, 1.807) is 32.9 Å². The highest BCUT2D eigenvalue weighted by Crippen LogP contribution is 2.12. The lowest BCUT2D eigenvalue weighted by molar-refractivity contribution is 0.0706. The van der Waals surface area contributed by atoms with Gasteiger partial charge in [0, 0.05) is 6.20 Å². The molecule has 0 spiro atoms. The van der Waals surface area contributed by atoms with Crippen LogP contribution in [0.4, 0.5) is 5.69 Å². The molecule has 1 unspecified atom stereocenters. The van der Waals surface area contributed by atoms with E-state index >= 15 is 0 Å². The molecule has 1 atom stereocenters. The average molecular weight is 223 g/mol. The summed E-state index contributed by atoms with van der Waals surface area (Å²) in [4.78, 5) is 15.7. The Kier molecular flexibility index (Phi) is 3.49. The van der Waals surface area contributed by atoms with Gasteiger partial charge in [-0.3, -0.25) is 4.79 Å². The van der Waals surface area contributed by atoms with E-state index in [1.807, 2.05) is 0 Å². The highest BCUT2D eigenvalue weighted by atomic mass is 16.3. The molecule has 16 heavy (non-hydrogen) atoms. The summed E-state index contributed by atoms with van der Waals surface area (Å²) in [6, 6.07) is 3.27. The van der Waals surface area contributed by atoms with Crippen molar-refractivity contribution in [3.63, 3.8) is 0 Å². The van der Waals surface area contributed by atoms with Gasteiger partial charge in [-0.2, -0.15) is 0 Å². The zero-order valence-corrected chi connectivity index (χ0v) is 9.69. The number of nitrogens with two attached hydrogens (primary N) is 1. The van der Waals surface area contributed by atoms with Crippen LogP contribution in [0.5, 0.6) is 0 Å². The predicted molar refractivity (Wildman–Crippen MR) is 61.9 cm³/mol. The fraction of sp³-hybridized carbons (Fsp3) is 0.455. The van der Waals surface area contributed by atoms with Crippen molar-refractivity contribution < 1.29 is 9.90 Å². The standard InChI is InChI=1S/C11H17N3O2/c1-7(15)11(2,3)14-10(16)9-8(12)5-4-6-13-9/h4-7,15H,12H2,1-3H3,(H,14,16). The molecule has 0 saturated carbocycles. The molecular formula is C11H17N3O2. The van der Waals surface area contributed by atoms with Crippen LogP contribution in [-0.4, -0.2) is 27.6 Å². The first-order valence-corrected chi connectivity index (χ1v) is 5.05. The summed E-state index contributed by atoms with van der Waals surface area (Å²) in [5.41, 5.74) is 5.41. The number of aromatic nitrogens is 1. The summed E-state index contributed by atoms with van der Waals surface area (Å²) in [7, 11) is 0. The van der Waals surface area contributed by atoms with E-state index in [2.05, 4.69) is 10.3 Å². The van der Waals surface area contributed by atoms with Gasteiger partial charge in [0.05, 0.1) is 17.3 Å². The van der Waals surface area contributed by atoms with Crippen molar-refractivity contribution in [2.24, 2.45) is 0 Å². The van der Waals surface area contributed by atoms with Gasteiger partial charge in [-0.25, -0.2) is 4.98 Å². The Balaban J connectivity index is 2.85. The largest absolute Gasteiger partial charge is 0.397 e. The number of nitrogen functional groups attached to an aromatic ring is 1. The van der Waals surface area contributed by atoms with Crippen LogP contribution in [0.2, 0.25) is 0 Å². The number of aliphatic hydroxyl groups is 1. The lowest BCUT2D eigenvalue weighted by Gasteiger charge is -2.29. The molecule has 1 heterocycles. The number of pyridine rings is 1. The first kappa shape index (κ1) is 12.4. The second-order valence-electron chi connectivity index (χ2n) is 4.29. The molecular weight excluding hydrogens is 206 g/mol. The number of nitrogens with zero attached hydrogens (tertiary/aromatic N) is 1. The molecule has 0 bridgehead atoms. The van der Waals surface area contributed by atoms with Gasteiger partial charge in [0.25, 0.3) is 5.91 Å². The first-order valence-electron chi connectivity index (χ1n) is 5.05. The number of nitrogens with one attached hydrogen (secondary N) is 1. The minimum Gasteiger partial charge on any atom is -0.397 e. The normalized spacial score (nSPS) is 13.2. The van der Waals surface area contributed by atoms with Gasteiger partial charge in [0.2, 0.25) is 0 Å². The molecule has 0 fully saturated rings. The molecule has 5 heteroatoms. The van der Waals surface area contributed by atoms with Crippen molar-refractivity contribution >= 4 is 11.6 Å². The van der Waals surface area contributed by atoms with Crippen molar-refractivity contribution in [3.05, 3.63) is 24.0 Å². The van der Waals surface area contributed by atoms with Crippen LogP contribution in [0.15, 0.2) is 18.3 Å². The Morgan fingerprint density at radius 3 is 2.75 bits per heavy atom. The quantitative estimate of drug-likeness (QED) is 0.698. The molecule has 0 radical (unpaired) electrons. The fourth-order valence-corrected chi connectivity index (χ4v) is 1.06. The topological polar surface area (TPSA) is 88.2 Å². The second-order valence-corrected chi connectivity index (χ2v) is 4.29. The van der Waals surface area contributed by atoms with E-state index in [0.717, 1.165) is 0 Å². The van der Waals surface area contributed by atoms with E-state index in [1.165, 1.54) is 6.20 Å². The number of amides is 1. The predicted octanol–water partition coefficient (Wildman–Crippen LogP) is 0.553. The van der Waals surface area contributed by atoms with E-state index in [4.69, 9.17) is 5.73 Å². The minimum absolute atomic E-state index is 0.177. The summed E-state index contributed by atoms with van der Waals surface area (Å²) in [6.07, 6.45) is 0.835. The van der Waals surface area contributed by atoms with Gasteiger partial charge in [-0.05, 0) is 32.9 Å². The third-order valence-electron chi connectivity index (χ3n) is 2.53. The van der Waals surface area contributed by atoms with Crippen molar-refractivity contribution in [1.82, 2.24) is 10.3 Å². The van der Waals surface area contributed by atoms with Gasteiger partial charge >= 0.3 is 0 Å². The minimum atomic E-state index is -0.721. The molecule has 4 N–H and O–H groups in total. The van der Waals surface area contributed by atoms with E-state index in [0.29, 0.717) is 5.69 Å². The highest BCUT2D eigenvalue weighted by Gasteiger charge is 2.27. The van der Waals surface area contributed by atoms with Crippen LogP contribution in [0.25, 0.3) is 0 Å². The molecule has 0 aliphatic heterocycles. The summed E-state index contributed by atoms with van der Waals surface area (Å²) in [5, 5.41) is 12.2. The lowest BCUT2D eigenvalue weighted by Crippen LogP contribution is -2.51. The van der Waals surface area contributed by atoms with E-state index in [-0.39, 0.29) is 11.6 Å². The molecule has 0 aliphatic rings. The Morgan fingerprint density at radius 1 is 1.62 bits per heavy atom. The molecule has 88 valence electrons. The van der Waals surface area contributed by atoms with Gasteiger partial charge in [-0.1, -0.05) is 0 Å². The SMILES string of the molecule is CC(O)C(C)(C)NC(=O)c1ncccc1N. The second kappa shape index (κ2) is 4.49. The van der Waals surface area contributed by atoms with Crippen molar-refractivity contribution in [2.45, 2.75) is 32.4 Å². The lowest BCUT2D eigenvalue weighted by atomic mass is 9.98. The van der Waals surface area contributed by atoms with Crippen molar-refractivity contribution in [1.29, 1.82) is 0 Å². The van der Waals surface area contributed by atoms with E-state index in [9.17, 15) is 9.90 Å². The number of carbonyl (C=O) groups excluding carboxylic acids is 1. The summed E-state index contributed by atoms with van der Waals surface area (Å²) in [6.45, 7) is 5.07. The van der Waals surface area contributed by atoms with Crippen LogP contribution in [-0.2, 0) is 0 Å². The van der Waals surface area contributed by atoms with Crippen LogP contribution in [0, 0.1) is 0 Å². The van der Waals surface area contributed by atoms with Crippen LogP contribution in [0.3, 0.4) is 0 Å². The molecule has 1 amide bonds. The number of hydrogen-bond acceptors (Lipinski definition) is 4. The molecule has 0 saturated heterocycles. The monoisotopic (exact) mass is 223 g/mol. The number of aliphatic hydroxyl groups excluding tert-OH is 1. The van der Waals surface area contributed by atoms with Crippen LogP contribution in [0.1, 0.15) is 31.3 Å². The van der Waals surface area contributed by atoms with Crippen molar-refractivity contribution in [2.75, 3.05) is 5.73 Å². The Morgan fingerprint density at radius 2 is 2.25 bits per heavy atom. The third kappa shape index (κ3) is 2.70. The zero-order chi connectivity index (χ0) is 12.3. The highest BCUT2D eigenvalue weighted by molar-refractivity contribution is 5.97. The van der Waals surface area contributed by atoms with Crippen LogP contribution < -0.4 is 11.1 Å². The van der Waals surface area contributed by atoms with Gasteiger partial charge in [0.1, 0.15) is 0 Å². The Hall–Kier alpha value is -1.62. The number of hydrogen-bond donors (Lipinski definition) is 3. The summed E-state index contributed by atoms with van der Waals surface area (Å²) >= 11 is 0. The molecule has 1 rings (SSSR count). The van der Waals surface area contributed by atoms with Gasteiger partial charge in [-0.15, -0.1) is 0 Å². The maximum atomic E-state index is 11.8. The molecule has 0 aliphatic carbocycles. The molecule has 0 aromatic carbocycles. The van der Waals surface area contributed by atoms with Crippen LogP contribution >= 0.6 is 0 Å². The average Bonchev–Trinajstić information content (AvgIpc) is 2.17. The number of rotatable bonds is 3. The molecule has 1 aromatic heterocycles.